The van der Waals surface area contributed by atoms with Crippen molar-refractivity contribution in [2.24, 2.45) is 0 Å². The summed E-state index contributed by atoms with van der Waals surface area (Å²) in [6, 6.07) is 12.9. The average Bonchev–Trinajstić information content (AvgIpc) is 3.34. The van der Waals surface area contributed by atoms with E-state index < -0.39 is 0 Å². The number of benzene rings is 1. The fraction of sp³-hybridized carbons (Fsp3) is 0.333. The summed E-state index contributed by atoms with van der Waals surface area (Å²) in [5.74, 6) is 1.74. The second-order valence-corrected chi connectivity index (χ2v) is 8.31. The third kappa shape index (κ3) is 4.82. The summed E-state index contributed by atoms with van der Waals surface area (Å²) in [6.07, 6.45) is 5.80. The summed E-state index contributed by atoms with van der Waals surface area (Å²) in [5, 5.41) is 12.0. The van der Waals surface area contributed by atoms with E-state index in [1.165, 1.54) is 0 Å². The van der Waals surface area contributed by atoms with E-state index >= 15 is 0 Å². The molecule has 3 heterocycles. The van der Waals surface area contributed by atoms with Crippen molar-refractivity contribution in [2.45, 2.75) is 50.5 Å². The van der Waals surface area contributed by atoms with Gasteiger partial charge in [0.05, 0.1) is 10.9 Å². The van der Waals surface area contributed by atoms with E-state index in [9.17, 15) is 9.59 Å². The molecule has 0 saturated heterocycles. The predicted octanol–water partition coefficient (Wildman–Crippen LogP) is 3.14. The zero-order valence-electron chi connectivity index (χ0n) is 18.0. The van der Waals surface area contributed by atoms with Crippen LogP contribution < -0.4 is 10.9 Å². The maximum absolute atomic E-state index is 12.5. The summed E-state index contributed by atoms with van der Waals surface area (Å²) in [7, 11) is 0. The Morgan fingerprint density at radius 1 is 1.06 bits per heavy atom. The van der Waals surface area contributed by atoms with Crippen molar-refractivity contribution in [3.63, 3.8) is 0 Å². The van der Waals surface area contributed by atoms with Crippen LogP contribution in [0.25, 0.3) is 22.5 Å². The number of hydrogen-bond donors (Lipinski definition) is 2. The Morgan fingerprint density at radius 3 is 2.70 bits per heavy atom. The number of para-hydroxylation sites is 1. The van der Waals surface area contributed by atoms with Gasteiger partial charge in [0.1, 0.15) is 11.5 Å². The van der Waals surface area contributed by atoms with E-state index in [1.807, 2.05) is 24.3 Å². The normalized spacial score (nSPS) is 18.3. The van der Waals surface area contributed by atoms with Gasteiger partial charge in [-0.05, 0) is 49.9 Å². The van der Waals surface area contributed by atoms with E-state index in [0.29, 0.717) is 40.6 Å². The molecule has 5 rings (SSSR count). The van der Waals surface area contributed by atoms with Crippen molar-refractivity contribution in [2.75, 3.05) is 0 Å². The number of H-pyrrole nitrogens is 1. The maximum Gasteiger partial charge on any atom is 0.266 e. The van der Waals surface area contributed by atoms with Crippen molar-refractivity contribution in [1.29, 1.82) is 0 Å². The van der Waals surface area contributed by atoms with Crippen LogP contribution in [0.4, 0.5) is 0 Å². The lowest BCUT2D eigenvalue weighted by atomic mass is 9.86. The second kappa shape index (κ2) is 9.32. The third-order valence-electron chi connectivity index (χ3n) is 6.02. The minimum atomic E-state index is -0.179. The number of nitrogens with zero attached hydrogens (tertiary/aromatic N) is 4. The molecule has 1 aliphatic carbocycles. The van der Waals surface area contributed by atoms with E-state index in [1.54, 1.807) is 24.4 Å². The number of pyridine rings is 1. The van der Waals surface area contributed by atoms with Crippen molar-refractivity contribution in [3.05, 3.63) is 70.7 Å². The number of carbonyl (C=O) groups excluding carboxylic acids is 1. The molecule has 3 aromatic heterocycles. The van der Waals surface area contributed by atoms with Crippen LogP contribution in [0, 0.1) is 0 Å². The van der Waals surface area contributed by atoms with Crippen molar-refractivity contribution < 1.29 is 9.21 Å². The number of nitrogens with one attached hydrogen (secondary N) is 2. The van der Waals surface area contributed by atoms with Gasteiger partial charge in [-0.3, -0.25) is 14.6 Å². The van der Waals surface area contributed by atoms with Gasteiger partial charge >= 0.3 is 0 Å². The maximum atomic E-state index is 12.5. The first kappa shape index (κ1) is 21.0. The number of rotatable bonds is 6. The van der Waals surface area contributed by atoms with Gasteiger partial charge < -0.3 is 14.7 Å². The number of aryl methyl sites for hydroxylation is 1. The Morgan fingerprint density at radius 2 is 1.88 bits per heavy atom. The molecule has 1 aromatic carbocycles. The van der Waals surface area contributed by atoms with Crippen LogP contribution in [0.3, 0.4) is 0 Å². The van der Waals surface area contributed by atoms with Gasteiger partial charge in [0, 0.05) is 31.0 Å². The van der Waals surface area contributed by atoms with Gasteiger partial charge in [0.25, 0.3) is 11.4 Å². The Kier molecular flexibility index (Phi) is 5.93. The first-order valence-electron chi connectivity index (χ1n) is 11.2. The molecular weight excluding hydrogens is 420 g/mol. The minimum absolute atomic E-state index is 0.0375. The molecule has 9 nitrogen and oxygen atoms in total. The molecular formula is C24H24N6O3. The van der Waals surface area contributed by atoms with Crippen LogP contribution in [0.15, 0.2) is 57.9 Å². The van der Waals surface area contributed by atoms with E-state index in [0.717, 1.165) is 25.7 Å². The molecule has 1 aliphatic rings. The molecule has 2 N–H and O–H groups in total. The summed E-state index contributed by atoms with van der Waals surface area (Å²) in [4.78, 5) is 36.1. The number of aromatic amines is 1. The molecule has 9 heteroatoms. The van der Waals surface area contributed by atoms with Gasteiger partial charge in [0.2, 0.25) is 11.8 Å². The van der Waals surface area contributed by atoms with Crippen LogP contribution in [-0.2, 0) is 11.2 Å². The van der Waals surface area contributed by atoms with Gasteiger partial charge in [-0.2, -0.15) is 0 Å². The zero-order valence-corrected chi connectivity index (χ0v) is 18.0. The van der Waals surface area contributed by atoms with Gasteiger partial charge in [0.15, 0.2) is 0 Å². The fourth-order valence-corrected chi connectivity index (χ4v) is 4.26. The highest BCUT2D eigenvalue weighted by Gasteiger charge is 2.27. The lowest BCUT2D eigenvalue weighted by Gasteiger charge is -2.27. The standard InChI is InChI=1S/C24H24N6O3/c31-21(13-12-20-27-18-6-2-1-5-17(18)22(32)28-20)26-16-10-8-15(9-11-16)23-29-30-24(33-23)19-7-3-4-14-25-19/h1-7,14-16H,8-13H2,(H,26,31)(H,27,28,32). The van der Waals surface area contributed by atoms with Crippen LogP contribution >= 0.6 is 0 Å². The molecule has 1 saturated carbocycles. The zero-order chi connectivity index (χ0) is 22.6. The Hall–Kier alpha value is -3.88. The first-order chi connectivity index (χ1) is 16.2. The third-order valence-corrected chi connectivity index (χ3v) is 6.02. The highest BCUT2D eigenvalue weighted by molar-refractivity contribution is 5.78. The summed E-state index contributed by atoms with van der Waals surface area (Å²) in [6.45, 7) is 0. The SMILES string of the molecule is O=C(CCc1nc2ccccc2c(=O)[nH]1)NC1CCC(c2nnc(-c3ccccn3)o2)CC1. The minimum Gasteiger partial charge on any atom is -0.419 e. The second-order valence-electron chi connectivity index (χ2n) is 8.31. The molecule has 0 radical (unpaired) electrons. The quantitative estimate of drug-likeness (QED) is 0.468. The molecule has 1 fully saturated rings. The molecule has 1 amide bonds. The summed E-state index contributed by atoms with van der Waals surface area (Å²) < 4.78 is 5.85. The lowest BCUT2D eigenvalue weighted by molar-refractivity contribution is -0.122. The van der Waals surface area contributed by atoms with Crippen molar-refractivity contribution in [3.8, 4) is 11.6 Å². The van der Waals surface area contributed by atoms with E-state index in [4.69, 9.17) is 4.42 Å². The number of aromatic nitrogens is 5. The molecule has 0 spiro atoms. The van der Waals surface area contributed by atoms with Crippen LogP contribution in [0.5, 0.6) is 0 Å². The number of fused-ring (bicyclic) bond motifs is 1. The molecule has 4 aromatic rings. The Bertz CT molecular complexity index is 1310. The number of amides is 1. The number of carbonyl (C=O) groups is 1. The predicted molar refractivity (Wildman–Crippen MR) is 121 cm³/mol. The highest BCUT2D eigenvalue weighted by atomic mass is 16.4. The van der Waals surface area contributed by atoms with Crippen molar-refractivity contribution in [1.82, 2.24) is 30.5 Å². The van der Waals surface area contributed by atoms with Crippen LogP contribution in [0.1, 0.15) is 49.7 Å². The summed E-state index contributed by atoms with van der Waals surface area (Å²) in [5.41, 5.74) is 1.13. The lowest BCUT2D eigenvalue weighted by Crippen LogP contribution is -2.37. The molecule has 0 atom stereocenters. The van der Waals surface area contributed by atoms with Crippen molar-refractivity contribution >= 4 is 16.8 Å². The molecule has 0 aliphatic heterocycles. The molecule has 0 bridgehead atoms. The largest absolute Gasteiger partial charge is 0.419 e. The van der Waals surface area contributed by atoms with E-state index in [-0.39, 0.29) is 29.8 Å². The van der Waals surface area contributed by atoms with E-state index in [2.05, 4.69) is 30.5 Å². The monoisotopic (exact) mass is 444 g/mol. The Balaban J connectivity index is 1.11. The smallest absolute Gasteiger partial charge is 0.266 e. The summed E-state index contributed by atoms with van der Waals surface area (Å²) >= 11 is 0. The highest BCUT2D eigenvalue weighted by Crippen LogP contribution is 2.33. The number of hydrogen-bond acceptors (Lipinski definition) is 7. The van der Waals surface area contributed by atoms with Crippen LogP contribution in [-0.4, -0.2) is 37.1 Å². The van der Waals surface area contributed by atoms with Gasteiger partial charge in [-0.15, -0.1) is 10.2 Å². The first-order valence-corrected chi connectivity index (χ1v) is 11.2. The molecule has 33 heavy (non-hydrogen) atoms. The molecule has 168 valence electrons. The Labute approximate surface area is 189 Å². The average molecular weight is 444 g/mol. The fourth-order valence-electron chi connectivity index (χ4n) is 4.26. The topological polar surface area (TPSA) is 127 Å². The van der Waals surface area contributed by atoms with Crippen LogP contribution in [0.2, 0.25) is 0 Å². The van der Waals surface area contributed by atoms with Gasteiger partial charge in [-0.1, -0.05) is 18.2 Å². The molecule has 0 unspecified atom stereocenters. The van der Waals surface area contributed by atoms with Gasteiger partial charge in [-0.25, -0.2) is 4.98 Å².